The fourth-order valence-corrected chi connectivity index (χ4v) is 3.61. The molecule has 0 unspecified atom stereocenters. The first-order valence-corrected chi connectivity index (χ1v) is 7.99. The number of hydrogen-bond acceptors (Lipinski definition) is 2. The first-order valence-electron chi connectivity index (χ1n) is 7.99. The molecule has 1 aromatic carbocycles. The number of nitrogens with zero attached hydrogens (tertiary/aromatic N) is 3. The molecule has 0 spiro atoms. The Hall–Kier alpha value is -2.13. The molecule has 1 aliphatic rings. The predicted octanol–water partition coefficient (Wildman–Crippen LogP) is 3.46. The van der Waals surface area contributed by atoms with E-state index in [1.54, 1.807) is 0 Å². The molecule has 3 heteroatoms. The highest BCUT2D eigenvalue weighted by molar-refractivity contribution is 5.85. The Kier molecular flexibility index (Phi) is 3.43. The van der Waals surface area contributed by atoms with Crippen molar-refractivity contribution in [3.63, 3.8) is 0 Å². The topological polar surface area (TPSA) is 21.1 Å². The van der Waals surface area contributed by atoms with E-state index in [-0.39, 0.29) is 0 Å². The van der Waals surface area contributed by atoms with Crippen molar-refractivity contribution in [2.24, 2.45) is 0 Å². The Balaban J connectivity index is 1.88. The third-order valence-electron chi connectivity index (χ3n) is 4.67. The van der Waals surface area contributed by atoms with Crippen LogP contribution in [0, 0.1) is 0 Å². The standard InChI is InChI=1S/C19H21N3/c1-21-12-4-7-19-17(14-21)16-5-2-3-6-18(16)22(19)13-15-8-10-20-11-9-15/h2-3,5-6,8-11H,4,7,12-14H2,1H3. The normalized spacial score (nSPS) is 15.7. The Morgan fingerprint density at radius 2 is 1.91 bits per heavy atom. The molecule has 0 bridgehead atoms. The zero-order chi connectivity index (χ0) is 14.9. The Bertz CT molecular complexity index is 789. The van der Waals surface area contributed by atoms with Gasteiger partial charge in [-0.15, -0.1) is 0 Å². The van der Waals surface area contributed by atoms with Gasteiger partial charge in [0.2, 0.25) is 0 Å². The monoisotopic (exact) mass is 291 g/mol. The zero-order valence-corrected chi connectivity index (χ0v) is 13.0. The summed E-state index contributed by atoms with van der Waals surface area (Å²) in [6.07, 6.45) is 6.16. The first kappa shape index (κ1) is 13.5. The van der Waals surface area contributed by atoms with Crippen molar-refractivity contribution in [3.05, 3.63) is 65.6 Å². The highest BCUT2D eigenvalue weighted by Gasteiger charge is 2.20. The van der Waals surface area contributed by atoms with Crippen LogP contribution in [0.25, 0.3) is 10.9 Å². The second-order valence-corrected chi connectivity index (χ2v) is 6.23. The second-order valence-electron chi connectivity index (χ2n) is 6.23. The van der Waals surface area contributed by atoms with E-state index in [1.807, 2.05) is 12.4 Å². The summed E-state index contributed by atoms with van der Waals surface area (Å²) in [5, 5.41) is 1.42. The van der Waals surface area contributed by atoms with Crippen molar-refractivity contribution in [2.75, 3.05) is 13.6 Å². The molecule has 3 nitrogen and oxygen atoms in total. The molecule has 4 rings (SSSR count). The van der Waals surface area contributed by atoms with Crippen molar-refractivity contribution in [2.45, 2.75) is 25.9 Å². The van der Waals surface area contributed by atoms with E-state index in [9.17, 15) is 0 Å². The molecule has 112 valence electrons. The molecule has 22 heavy (non-hydrogen) atoms. The molecule has 0 fully saturated rings. The number of para-hydroxylation sites is 1. The van der Waals surface area contributed by atoms with Gasteiger partial charge in [0.1, 0.15) is 0 Å². The maximum atomic E-state index is 4.13. The van der Waals surface area contributed by atoms with Gasteiger partial charge in [0.15, 0.2) is 0 Å². The first-order chi connectivity index (χ1) is 10.8. The molecule has 3 heterocycles. The van der Waals surface area contributed by atoms with Crippen LogP contribution in [0.2, 0.25) is 0 Å². The number of aromatic nitrogens is 2. The minimum Gasteiger partial charge on any atom is -0.340 e. The van der Waals surface area contributed by atoms with Crippen LogP contribution >= 0.6 is 0 Å². The Morgan fingerprint density at radius 1 is 1.09 bits per heavy atom. The van der Waals surface area contributed by atoms with Crippen LogP contribution in [0.1, 0.15) is 23.2 Å². The minimum atomic E-state index is 0.933. The van der Waals surface area contributed by atoms with Crippen molar-refractivity contribution < 1.29 is 0 Å². The van der Waals surface area contributed by atoms with Crippen LogP contribution in [0.5, 0.6) is 0 Å². The van der Waals surface area contributed by atoms with Crippen LogP contribution in [0.4, 0.5) is 0 Å². The highest BCUT2D eigenvalue weighted by atomic mass is 15.1. The molecular formula is C19H21N3. The van der Waals surface area contributed by atoms with Crippen molar-refractivity contribution in [1.29, 1.82) is 0 Å². The molecule has 0 atom stereocenters. The predicted molar refractivity (Wildman–Crippen MR) is 89.9 cm³/mol. The van der Waals surface area contributed by atoms with Gasteiger partial charge in [0, 0.05) is 42.1 Å². The van der Waals surface area contributed by atoms with Gasteiger partial charge in [-0.05, 0) is 55.8 Å². The van der Waals surface area contributed by atoms with Gasteiger partial charge in [-0.3, -0.25) is 4.98 Å². The van der Waals surface area contributed by atoms with E-state index < -0.39 is 0 Å². The van der Waals surface area contributed by atoms with Gasteiger partial charge >= 0.3 is 0 Å². The Morgan fingerprint density at radius 3 is 2.77 bits per heavy atom. The highest BCUT2D eigenvalue weighted by Crippen LogP contribution is 2.30. The van der Waals surface area contributed by atoms with E-state index in [0.29, 0.717) is 0 Å². The number of rotatable bonds is 2. The average molecular weight is 291 g/mol. The summed E-state index contributed by atoms with van der Waals surface area (Å²) in [4.78, 5) is 6.57. The van der Waals surface area contributed by atoms with Crippen LogP contribution in [-0.4, -0.2) is 28.0 Å². The molecule has 3 aromatic rings. The average Bonchev–Trinajstić information content (AvgIpc) is 2.70. The van der Waals surface area contributed by atoms with Gasteiger partial charge in [0.25, 0.3) is 0 Å². The van der Waals surface area contributed by atoms with Crippen molar-refractivity contribution in [1.82, 2.24) is 14.5 Å². The minimum absolute atomic E-state index is 0.933. The fraction of sp³-hybridized carbons (Fsp3) is 0.316. The van der Waals surface area contributed by atoms with Crippen molar-refractivity contribution >= 4 is 10.9 Å². The van der Waals surface area contributed by atoms with Crippen LogP contribution in [0.3, 0.4) is 0 Å². The summed E-state index contributed by atoms with van der Waals surface area (Å²) < 4.78 is 2.51. The maximum absolute atomic E-state index is 4.13. The van der Waals surface area contributed by atoms with Gasteiger partial charge < -0.3 is 9.47 Å². The lowest BCUT2D eigenvalue weighted by Gasteiger charge is -2.12. The molecule has 0 aliphatic carbocycles. The number of fused-ring (bicyclic) bond motifs is 3. The molecule has 0 amide bonds. The zero-order valence-electron chi connectivity index (χ0n) is 13.0. The number of hydrogen-bond donors (Lipinski definition) is 0. The lowest BCUT2D eigenvalue weighted by Crippen LogP contribution is -2.16. The number of pyridine rings is 1. The molecular weight excluding hydrogens is 270 g/mol. The van der Waals surface area contributed by atoms with E-state index in [2.05, 4.69) is 57.9 Å². The van der Waals surface area contributed by atoms with Gasteiger partial charge in [-0.1, -0.05) is 18.2 Å². The summed E-state index contributed by atoms with van der Waals surface area (Å²) in [6.45, 7) is 3.17. The smallest absolute Gasteiger partial charge is 0.0489 e. The van der Waals surface area contributed by atoms with Crippen LogP contribution in [0.15, 0.2) is 48.8 Å². The lowest BCUT2D eigenvalue weighted by molar-refractivity contribution is 0.333. The second kappa shape index (κ2) is 5.58. The van der Waals surface area contributed by atoms with Gasteiger partial charge in [-0.25, -0.2) is 0 Å². The van der Waals surface area contributed by atoms with Gasteiger partial charge in [0.05, 0.1) is 0 Å². The van der Waals surface area contributed by atoms with E-state index >= 15 is 0 Å². The van der Waals surface area contributed by atoms with E-state index in [1.165, 1.54) is 47.1 Å². The van der Waals surface area contributed by atoms with Gasteiger partial charge in [-0.2, -0.15) is 0 Å². The SMILES string of the molecule is CN1CCCc2c(c3ccccc3n2Cc2ccncc2)C1. The molecule has 0 radical (unpaired) electrons. The lowest BCUT2D eigenvalue weighted by atomic mass is 10.1. The van der Waals surface area contributed by atoms with E-state index in [4.69, 9.17) is 0 Å². The third-order valence-corrected chi connectivity index (χ3v) is 4.67. The van der Waals surface area contributed by atoms with Crippen LogP contribution in [-0.2, 0) is 19.5 Å². The number of benzene rings is 1. The molecule has 0 saturated heterocycles. The summed E-state index contributed by atoms with van der Waals surface area (Å²) in [7, 11) is 2.23. The third kappa shape index (κ3) is 2.32. The summed E-state index contributed by atoms with van der Waals surface area (Å²) >= 11 is 0. The van der Waals surface area contributed by atoms with E-state index in [0.717, 1.165) is 13.1 Å². The molecule has 2 aromatic heterocycles. The largest absolute Gasteiger partial charge is 0.340 e. The molecule has 0 N–H and O–H groups in total. The maximum Gasteiger partial charge on any atom is 0.0489 e. The quantitative estimate of drug-likeness (QED) is 0.721. The summed E-state index contributed by atoms with van der Waals surface area (Å²) in [5.74, 6) is 0. The fourth-order valence-electron chi connectivity index (χ4n) is 3.61. The summed E-state index contributed by atoms with van der Waals surface area (Å²) in [5.41, 5.74) is 5.71. The molecule has 1 aliphatic heterocycles. The van der Waals surface area contributed by atoms with Crippen LogP contribution < -0.4 is 0 Å². The Labute approximate surface area is 131 Å². The van der Waals surface area contributed by atoms with Crippen molar-refractivity contribution in [3.8, 4) is 0 Å². The molecule has 0 saturated carbocycles. The summed E-state index contributed by atoms with van der Waals surface area (Å²) in [6, 6.07) is 13.1.